The first-order chi connectivity index (χ1) is 53.6. The molecule has 0 aromatic rings. The Morgan fingerprint density at radius 3 is 0.645 bits per heavy atom. The summed E-state index contributed by atoms with van der Waals surface area (Å²) in [6, 6.07) is 0. The third-order valence-corrected chi connectivity index (χ3v) is 23.8. The molecule has 19 heteroatoms. The van der Waals surface area contributed by atoms with Crippen LogP contribution in [-0.4, -0.2) is 96.7 Å². The molecule has 3 N–H and O–H groups in total. The van der Waals surface area contributed by atoms with Gasteiger partial charge in [0.2, 0.25) is 0 Å². The highest BCUT2D eigenvalue weighted by atomic mass is 31.2. The molecule has 0 spiro atoms. The van der Waals surface area contributed by atoms with Gasteiger partial charge in [0.15, 0.2) is 12.2 Å². The van der Waals surface area contributed by atoms with Crippen LogP contribution in [0.4, 0.5) is 0 Å². The maximum Gasteiger partial charge on any atom is 0.472 e. The van der Waals surface area contributed by atoms with Gasteiger partial charge >= 0.3 is 39.5 Å². The van der Waals surface area contributed by atoms with Crippen molar-refractivity contribution in [3.8, 4) is 0 Å². The number of ether oxygens (including phenoxy) is 4. The molecule has 6 atom stereocenters. The van der Waals surface area contributed by atoms with Crippen LogP contribution in [0.5, 0.6) is 0 Å². The summed E-state index contributed by atoms with van der Waals surface area (Å²) in [7, 11) is -9.93. The number of aliphatic hydroxyl groups excluding tert-OH is 1. The zero-order chi connectivity index (χ0) is 80.4. The highest BCUT2D eigenvalue weighted by Gasteiger charge is 2.31. The van der Waals surface area contributed by atoms with Crippen molar-refractivity contribution in [2.45, 2.75) is 515 Å². The van der Waals surface area contributed by atoms with E-state index in [1.165, 1.54) is 321 Å². The maximum atomic E-state index is 13.2. The van der Waals surface area contributed by atoms with Crippen molar-refractivity contribution in [1.82, 2.24) is 0 Å². The summed E-state index contributed by atoms with van der Waals surface area (Å²) in [6.45, 7) is 7.41. The number of unbranched alkanes of at least 4 members (excludes halogenated alkanes) is 62. The lowest BCUT2D eigenvalue weighted by atomic mass is 9.99. The van der Waals surface area contributed by atoms with E-state index in [4.69, 9.17) is 37.0 Å². The quantitative estimate of drug-likeness (QED) is 0.0222. The number of hydrogen-bond donors (Lipinski definition) is 3. The van der Waals surface area contributed by atoms with E-state index in [0.29, 0.717) is 25.7 Å². The fraction of sp³-hybridized carbons (Fsp3) is 0.956. The van der Waals surface area contributed by atoms with Gasteiger partial charge in [-0.3, -0.25) is 37.3 Å². The van der Waals surface area contributed by atoms with Gasteiger partial charge in [0.05, 0.1) is 26.4 Å². The molecule has 0 fully saturated rings. The molecule has 110 heavy (non-hydrogen) atoms. The number of phosphoric ester groups is 2. The van der Waals surface area contributed by atoms with Crippen LogP contribution >= 0.6 is 15.6 Å². The topological polar surface area (TPSA) is 237 Å². The van der Waals surface area contributed by atoms with Crippen LogP contribution in [0, 0.1) is 5.92 Å². The molecule has 0 aliphatic rings. The Balaban J connectivity index is 5.22. The first kappa shape index (κ1) is 108. The molecule has 3 unspecified atom stereocenters. The van der Waals surface area contributed by atoms with Gasteiger partial charge in [-0.15, -0.1) is 0 Å². The molecule has 0 rings (SSSR count). The summed E-state index contributed by atoms with van der Waals surface area (Å²) in [5.41, 5.74) is 0. The second-order valence-electron chi connectivity index (χ2n) is 32.9. The molecular formula is C91H178O17P2. The fourth-order valence-corrected chi connectivity index (χ4v) is 15.9. The number of aliphatic hydroxyl groups is 1. The van der Waals surface area contributed by atoms with E-state index in [0.717, 1.165) is 95.8 Å². The van der Waals surface area contributed by atoms with Gasteiger partial charge in [-0.25, -0.2) is 9.13 Å². The Hall–Kier alpha value is -1.94. The molecule has 0 radical (unpaired) electrons. The lowest BCUT2D eigenvalue weighted by Gasteiger charge is -2.21. The van der Waals surface area contributed by atoms with Gasteiger partial charge in [0.25, 0.3) is 0 Å². The fourth-order valence-electron chi connectivity index (χ4n) is 14.3. The average molecular weight is 1610 g/mol. The third kappa shape index (κ3) is 82.6. The van der Waals surface area contributed by atoms with Crippen molar-refractivity contribution in [2.24, 2.45) is 5.92 Å². The van der Waals surface area contributed by atoms with Gasteiger partial charge in [0.1, 0.15) is 19.3 Å². The number of esters is 4. The molecule has 0 saturated carbocycles. The van der Waals surface area contributed by atoms with Crippen molar-refractivity contribution in [3.63, 3.8) is 0 Å². The minimum Gasteiger partial charge on any atom is -0.462 e. The SMILES string of the molecule is CCCCCCCCCCCCCCCCCCCCCCCCC(=O)OC[C@H](COP(=O)(O)OC[C@@H](O)COP(=O)(O)OC[C@@H](COC(=O)CCCCCCCCCCCCCC)OC(=O)CCCCCCCCCCCCC(C)CC)OC(=O)CCCCCCCCCCCCCCCCCCCCCCCC. The van der Waals surface area contributed by atoms with Gasteiger partial charge in [-0.05, 0) is 31.6 Å². The molecule has 0 aromatic heterocycles. The van der Waals surface area contributed by atoms with Crippen LogP contribution in [0.2, 0.25) is 0 Å². The Morgan fingerprint density at radius 2 is 0.436 bits per heavy atom. The molecule has 654 valence electrons. The van der Waals surface area contributed by atoms with Crippen LogP contribution < -0.4 is 0 Å². The predicted molar refractivity (Wildman–Crippen MR) is 455 cm³/mol. The first-order valence-electron chi connectivity index (χ1n) is 47.2. The molecule has 0 aliphatic carbocycles. The van der Waals surface area contributed by atoms with Crippen LogP contribution in [0.25, 0.3) is 0 Å². The summed E-state index contributed by atoms with van der Waals surface area (Å²) >= 11 is 0. The summed E-state index contributed by atoms with van der Waals surface area (Å²) in [5.74, 6) is -1.29. The van der Waals surface area contributed by atoms with E-state index in [9.17, 15) is 43.2 Å². The number of rotatable bonds is 91. The first-order valence-corrected chi connectivity index (χ1v) is 50.2. The third-order valence-electron chi connectivity index (χ3n) is 21.9. The monoisotopic (exact) mass is 1610 g/mol. The van der Waals surface area contributed by atoms with E-state index >= 15 is 0 Å². The molecule has 0 heterocycles. The van der Waals surface area contributed by atoms with Crippen molar-refractivity contribution >= 4 is 39.5 Å². The Morgan fingerprint density at radius 1 is 0.255 bits per heavy atom. The highest BCUT2D eigenvalue weighted by Crippen LogP contribution is 2.45. The summed E-state index contributed by atoms with van der Waals surface area (Å²) in [6.07, 6.45) is 79.3. The van der Waals surface area contributed by atoms with Gasteiger partial charge in [-0.2, -0.15) is 0 Å². The minimum atomic E-state index is -4.97. The van der Waals surface area contributed by atoms with Crippen LogP contribution in [0.15, 0.2) is 0 Å². The largest absolute Gasteiger partial charge is 0.472 e. The smallest absolute Gasteiger partial charge is 0.462 e. The van der Waals surface area contributed by atoms with Crippen molar-refractivity contribution < 1.29 is 80.2 Å². The van der Waals surface area contributed by atoms with Gasteiger partial charge in [-0.1, -0.05) is 446 Å². The number of carbonyl (C=O) groups excluding carboxylic acids is 4. The zero-order valence-electron chi connectivity index (χ0n) is 72.4. The molecule has 17 nitrogen and oxygen atoms in total. The van der Waals surface area contributed by atoms with Gasteiger partial charge < -0.3 is 33.8 Å². The maximum absolute atomic E-state index is 13.2. The summed E-state index contributed by atoms with van der Waals surface area (Å²) < 4.78 is 69.0. The normalized spacial score (nSPS) is 13.9. The summed E-state index contributed by atoms with van der Waals surface area (Å²) in [4.78, 5) is 73.4. The average Bonchev–Trinajstić information content (AvgIpc) is 0.898. The second-order valence-corrected chi connectivity index (χ2v) is 35.8. The molecule has 0 saturated heterocycles. The standard InChI is InChI=1S/C91H178O17P2/c1-6-10-13-16-19-22-25-28-30-32-34-36-38-40-42-44-46-49-55-60-65-70-75-89(94)102-80-86(107-90(95)76-71-66-61-56-50-47-45-43-41-39-37-35-33-31-29-26-23-20-17-14-11-7-2)82-105-109(97,98)103-78-85(92)79-104-110(99,100)106-83-87(81-101-88(93)74-69-64-59-54-48-27-24-21-18-15-12-8-3)108-91(96)77-72-67-62-57-52-51-53-58-63-68-73-84(5)9-4/h84-87,92H,6-83H2,1-5H3,(H,97,98)(H,99,100)/t84?,85-,86-,87-/m1/s1. The van der Waals surface area contributed by atoms with Crippen molar-refractivity contribution in [1.29, 1.82) is 0 Å². The van der Waals surface area contributed by atoms with E-state index < -0.39 is 97.5 Å². The van der Waals surface area contributed by atoms with Crippen LogP contribution in [0.3, 0.4) is 0 Å². The minimum absolute atomic E-state index is 0.107. The van der Waals surface area contributed by atoms with Crippen LogP contribution in [0.1, 0.15) is 497 Å². The van der Waals surface area contributed by atoms with E-state index in [1.54, 1.807) is 0 Å². The molecule has 0 aliphatic heterocycles. The van der Waals surface area contributed by atoms with Crippen LogP contribution in [-0.2, 0) is 65.4 Å². The predicted octanol–water partition coefficient (Wildman–Crippen LogP) is 28.3. The Kier molecular flexibility index (Phi) is 82.1. The highest BCUT2D eigenvalue weighted by molar-refractivity contribution is 7.47. The van der Waals surface area contributed by atoms with Gasteiger partial charge in [0, 0.05) is 25.7 Å². The number of phosphoric acid groups is 2. The Bertz CT molecular complexity index is 2080. The van der Waals surface area contributed by atoms with Crippen molar-refractivity contribution in [2.75, 3.05) is 39.6 Å². The van der Waals surface area contributed by atoms with E-state index in [-0.39, 0.29) is 25.7 Å². The number of carbonyl (C=O) groups is 4. The molecule has 0 bridgehead atoms. The summed E-state index contributed by atoms with van der Waals surface area (Å²) in [5, 5.41) is 10.7. The van der Waals surface area contributed by atoms with E-state index in [1.807, 2.05) is 0 Å². The molecule has 0 amide bonds. The number of hydrogen-bond acceptors (Lipinski definition) is 15. The molecule has 0 aromatic carbocycles. The van der Waals surface area contributed by atoms with Crippen molar-refractivity contribution in [3.05, 3.63) is 0 Å². The Labute approximate surface area is 677 Å². The van der Waals surface area contributed by atoms with E-state index in [2.05, 4.69) is 34.6 Å². The lowest BCUT2D eigenvalue weighted by molar-refractivity contribution is -0.161. The zero-order valence-corrected chi connectivity index (χ0v) is 74.2. The lowest BCUT2D eigenvalue weighted by Crippen LogP contribution is -2.30. The molecular weight excluding hydrogens is 1430 g/mol. The second kappa shape index (κ2) is 83.5.